The molecule has 2 nitrogen and oxygen atoms in total. The molecule has 0 heterocycles. The molecule has 0 unspecified atom stereocenters. The van der Waals surface area contributed by atoms with Gasteiger partial charge in [0.2, 0.25) is 0 Å². The predicted octanol–water partition coefficient (Wildman–Crippen LogP) is 4.50. The number of Topliss-reactive ketones (excluding diaryl/α,β-unsaturated/α-hetero) is 1. The average molecular weight is 294 g/mol. The molecule has 2 rings (SSSR count). The average Bonchev–Trinajstić information content (AvgIpc) is 2.47. The van der Waals surface area contributed by atoms with E-state index in [1.807, 2.05) is 0 Å². The molecule has 21 heavy (non-hydrogen) atoms. The minimum atomic E-state index is -4.93. The minimum absolute atomic E-state index is 0.0560. The molecule has 0 fully saturated rings. The molecule has 5 heteroatoms. The predicted molar refractivity (Wildman–Crippen MR) is 73.4 cm³/mol. The highest BCUT2D eigenvalue weighted by Gasteiger charge is 2.41. The molecule has 2 aromatic rings. The quantitative estimate of drug-likeness (QED) is 0.776. The van der Waals surface area contributed by atoms with E-state index in [0.29, 0.717) is 5.56 Å². The normalized spacial score (nSPS) is 11.2. The van der Waals surface area contributed by atoms with Gasteiger partial charge < -0.3 is 4.74 Å². The molecule has 0 saturated carbocycles. The monoisotopic (exact) mass is 294 g/mol. The lowest BCUT2D eigenvalue weighted by Gasteiger charge is -2.13. The first-order chi connectivity index (χ1) is 9.93. The van der Waals surface area contributed by atoms with E-state index >= 15 is 0 Å². The molecule has 0 bridgehead atoms. The van der Waals surface area contributed by atoms with Gasteiger partial charge in [-0.25, -0.2) is 0 Å². The van der Waals surface area contributed by atoms with E-state index in [9.17, 15) is 18.0 Å². The first-order valence-corrected chi connectivity index (χ1v) is 6.37. The number of halogens is 3. The molecule has 0 aliphatic heterocycles. The van der Waals surface area contributed by atoms with Gasteiger partial charge in [0.25, 0.3) is 5.78 Å². The van der Waals surface area contributed by atoms with E-state index in [2.05, 4.69) is 0 Å². The fourth-order valence-electron chi connectivity index (χ4n) is 1.95. The highest BCUT2D eigenvalue weighted by molar-refractivity contribution is 6.03. The maximum Gasteiger partial charge on any atom is 0.455 e. The zero-order chi connectivity index (χ0) is 15.5. The molecule has 110 valence electrons. The van der Waals surface area contributed by atoms with Crippen LogP contribution in [0.15, 0.2) is 48.5 Å². The van der Waals surface area contributed by atoms with Gasteiger partial charge in [0.15, 0.2) is 0 Å². The Kier molecular flexibility index (Phi) is 4.31. The van der Waals surface area contributed by atoms with Crippen LogP contribution in [0.3, 0.4) is 0 Å². The Morgan fingerprint density at radius 3 is 2.29 bits per heavy atom. The maximum absolute atomic E-state index is 12.7. The van der Waals surface area contributed by atoms with Crippen molar-refractivity contribution < 1.29 is 22.7 Å². The van der Waals surface area contributed by atoms with Gasteiger partial charge in [0.1, 0.15) is 5.75 Å². The third-order valence-corrected chi connectivity index (χ3v) is 2.89. The lowest BCUT2D eigenvalue weighted by molar-refractivity contribution is -0.0886. The number of rotatable bonds is 4. The van der Waals surface area contributed by atoms with Crippen LogP contribution in [0, 0.1) is 0 Å². The van der Waals surface area contributed by atoms with Gasteiger partial charge in [-0.15, -0.1) is 0 Å². The summed E-state index contributed by atoms with van der Waals surface area (Å²) < 4.78 is 43.2. The number of alkyl halides is 3. The van der Waals surface area contributed by atoms with Crippen LogP contribution in [-0.2, 0) is 0 Å². The van der Waals surface area contributed by atoms with Crippen molar-refractivity contribution in [1.82, 2.24) is 0 Å². The van der Waals surface area contributed by atoms with Crippen molar-refractivity contribution in [1.29, 1.82) is 0 Å². The third kappa shape index (κ3) is 3.42. The van der Waals surface area contributed by atoms with Crippen LogP contribution in [0.1, 0.15) is 17.3 Å². The van der Waals surface area contributed by atoms with E-state index < -0.39 is 17.5 Å². The van der Waals surface area contributed by atoms with Gasteiger partial charge in [-0.05, 0) is 30.2 Å². The second-order valence-electron chi connectivity index (χ2n) is 4.34. The van der Waals surface area contributed by atoms with Crippen molar-refractivity contribution in [2.24, 2.45) is 0 Å². The van der Waals surface area contributed by atoms with Crippen LogP contribution in [0.4, 0.5) is 13.2 Å². The Labute approximate surface area is 120 Å². The largest absolute Gasteiger partial charge is 0.493 e. The van der Waals surface area contributed by atoms with Crippen molar-refractivity contribution in [3.8, 4) is 16.9 Å². The summed E-state index contributed by atoms with van der Waals surface area (Å²) in [6.45, 7) is 1.83. The maximum atomic E-state index is 12.7. The molecule has 0 N–H and O–H groups in total. The van der Waals surface area contributed by atoms with Crippen molar-refractivity contribution in [2.75, 3.05) is 6.61 Å². The zero-order valence-electron chi connectivity index (χ0n) is 11.3. The Hall–Kier alpha value is -2.30. The first kappa shape index (κ1) is 15.1. The van der Waals surface area contributed by atoms with Crippen molar-refractivity contribution in [2.45, 2.75) is 13.1 Å². The van der Waals surface area contributed by atoms with Crippen molar-refractivity contribution >= 4 is 5.78 Å². The second kappa shape index (κ2) is 5.99. The summed E-state index contributed by atoms with van der Waals surface area (Å²) in [4.78, 5) is 11.5. The van der Waals surface area contributed by atoms with Gasteiger partial charge in [-0.1, -0.05) is 36.4 Å². The van der Waals surface area contributed by atoms with Crippen LogP contribution in [-0.4, -0.2) is 18.6 Å². The molecule has 0 spiro atoms. The first-order valence-electron chi connectivity index (χ1n) is 6.37. The van der Waals surface area contributed by atoms with E-state index in [-0.39, 0.29) is 12.4 Å². The molecular formula is C16H13F3O2. The number of carbonyl (C=O) groups is 1. The molecule has 0 aromatic heterocycles. The zero-order valence-corrected chi connectivity index (χ0v) is 11.3. The van der Waals surface area contributed by atoms with Crippen molar-refractivity contribution in [3.05, 3.63) is 54.1 Å². The summed E-state index contributed by atoms with van der Waals surface area (Å²) in [5, 5.41) is 0. The van der Waals surface area contributed by atoms with Gasteiger partial charge in [0, 0.05) is 0 Å². The van der Waals surface area contributed by atoms with Gasteiger partial charge >= 0.3 is 6.18 Å². The SMILES string of the molecule is CCOc1ccc(-c2ccccc2)cc1C(=O)C(F)(F)F. The fraction of sp³-hybridized carbons (Fsp3) is 0.188. The smallest absolute Gasteiger partial charge is 0.455 e. The molecular weight excluding hydrogens is 281 g/mol. The molecule has 0 aliphatic rings. The molecule has 0 radical (unpaired) electrons. The second-order valence-corrected chi connectivity index (χ2v) is 4.34. The summed E-state index contributed by atoms with van der Waals surface area (Å²) in [5.74, 6) is -1.96. The molecule has 0 atom stereocenters. The van der Waals surface area contributed by atoms with Gasteiger partial charge in [-0.3, -0.25) is 4.79 Å². The Morgan fingerprint density at radius 1 is 1.05 bits per heavy atom. The number of benzene rings is 2. The van der Waals surface area contributed by atoms with Crippen LogP contribution < -0.4 is 4.74 Å². The summed E-state index contributed by atoms with van der Waals surface area (Å²) in [6, 6.07) is 13.1. The fourth-order valence-corrected chi connectivity index (χ4v) is 1.95. The summed E-state index contributed by atoms with van der Waals surface area (Å²) in [7, 11) is 0. The lowest BCUT2D eigenvalue weighted by atomic mass is 10.00. The van der Waals surface area contributed by atoms with Crippen molar-refractivity contribution in [3.63, 3.8) is 0 Å². The molecule has 0 aliphatic carbocycles. The number of hydrogen-bond acceptors (Lipinski definition) is 2. The van der Waals surface area contributed by atoms with E-state index in [4.69, 9.17) is 4.74 Å². The Balaban J connectivity index is 2.52. The summed E-state index contributed by atoms with van der Waals surface area (Å²) in [6.07, 6.45) is -4.93. The van der Waals surface area contributed by atoms with Gasteiger partial charge in [0.05, 0.1) is 12.2 Å². The highest BCUT2D eigenvalue weighted by Crippen LogP contribution is 2.31. The Bertz CT molecular complexity index is 634. The highest BCUT2D eigenvalue weighted by atomic mass is 19.4. The molecule has 2 aromatic carbocycles. The number of hydrogen-bond donors (Lipinski definition) is 0. The van der Waals surface area contributed by atoms with Crippen LogP contribution in [0.2, 0.25) is 0 Å². The number of ketones is 1. The third-order valence-electron chi connectivity index (χ3n) is 2.89. The lowest BCUT2D eigenvalue weighted by Crippen LogP contribution is -2.23. The van der Waals surface area contributed by atoms with Crippen LogP contribution >= 0.6 is 0 Å². The Morgan fingerprint density at radius 2 is 1.71 bits per heavy atom. The molecule has 0 saturated heterocycles. The van der Waals surface area contributed by atoms with E-state index in [1.165, 1.54) is 12.1 Å². The topological polar surface area (TPSA) is 26.3 Å². The summed E-state index contributed by atoms with van der Waals surface area (Å²) in [5.41, 5.74) is 0.800. The molecule has 0 amide bonds. The van der Waals surface area contributed by atoms with Crippen LogP contribution in [0.5, 0.6) is 5.75 Å². The van der Waals surface area contributed by atoms with Gasteiger partial charge in [-0.2, -0.15) is 13.2 Å². The standard InChI is InChI=1S/C16H13F3O2/c1-2-21-14-9-8-12(11-6-4-3-5-7-11)10-13(14)15(20)16(17,18)19/h3-10H,2H2,1H3. The number of ether oxygens (including phenoxy) is 1. The van der Waals surface area contributed by atoms with E-state index in [0.717, 1.165) is 5.56 Å². The minimum Gasteiger partial charge on any atom is -0.493 e. The number of carbonyl (C=O) groups excluding carboxylic acids is 1. The van der Waals surface area contributed by atoms with Crippen LogP contribution in [0.25, 0.3) is 11.1 Å². The van der Waals surface area contributed by atoms with E-state index in [1.54, 1.807) is 43.3 Å². The summed E-state index contributed by atoms with van der Waals surface area (Å²) >= 11 is 0.